The SMILES string of the molecule is [C-]#[N+]c1cccc(-c2cccc(-c3ccc(-n4c5ccccc5c5ccccc54)cc3)c2C#N)c1-n1c2ccccc2c2cc(C#N)ccc21. The van der Waals surface area contributed by atoms with E-state index in [1.54, 1.807) is 0 Å². The van der Waals surface area contributed by atoms with Crippen molar-refractivity contribution in [2.24, 2.45) is 0 Å². The largest absolute Gasteiger partial charge is 0.318 e. The van der Waals surface area contributed by atoms with Gasteiger partial charge >= 0.3 is 0 Å². The van der Waals surface area contributed by atoms with Crippen molar-refractivity contribution < 1.29 is 0 Å². The molecule has 7 aromatic carbocycles. The zero-order valence-electron chi connectivity index (χ0n) is 26.7. The minimum atomic E-state index is 0.472. The second kappa shape index (κ2) is 11.4. The molecule has 50 heavy (non-hydrogen) atoms. The fraction of sp³-hybridized carbons (Fsp3) is 0. The number of hydrogen-bond acceptors (Lipinski definition) is 2. The molecule has 9 rings (SSSR count). The maximum absolute atomic E-state index is 10.8. The third kappa shape index (κ3) is 4.24. The molecule has 0 aliphatic carbocycles. The topological polar surface area (TPSA) is 61.8 Å². The van der Waals surface area contributed by atoms with Crippen LogP contribution in [0.4, 0.5) is 5.69 Å². The first-order valence-corrected chi connectivity index (χ1v) is 16.3. The molecule has 0 atom stereocenters. The molecule has 230 valence electrons. The van der Waals surface area contributed by atoms with Crippen molar-refractivity contribution in [3.8, 4) is 45.8 Å². The van der Waals surface area contributed by atoms with Gasteiger partial charge in [0.2, 0.25) is 5.69 Å². The molecule has 2 heterocycles. The number of hydrogen-bond donors (Lipinski definition) is 0. The second-order valence-corrected chi connectivity index (χ2v) is 12.2. The fourth-order valence-electron chi connectivity index (χ4n) is 7.49. The summed E-state index contributed by atoms with van der Waals surface area (Å²) in [6.07, 6.45) is 0. The minimum absolute atomic E-state index is 0.472. The van der Waals surface area contributed by atoms with Gasteiger partial charge in [0, 0.05) is 38.4 Å². The normalized spacial score (nSPS) is 11.1. The maximum atomic E-state index is 10.8. The molecule has 2 aromatic heterocycles. The highest BCUT2D eigenvalue weighted by Crippen LogP contribution is 2.43. The van der Waals surface area contributed by atoms with Crippen LogP contribution in [0.25, 0.3) is 82.1 Å². The van der Waals surface area contributed by atoms with Crippen LogP contribution in [0, 0.1) is 29.2 Å². The van der Waals surface area contributed by atoms with Crippen molar-refractivity contribution in [1.82, 2.24) is 9.13 Å². The molecule has 0 saturated carbocycles. The summed E-state index contributed by atoms with van der Waals surface area (Å²) in [7, 11) is 0. The van der Waals surface area contributed by atoms with Gasteiger partial charge in [-0.25, -0.2) is 4.85 Å². The molecule has 5 heteroatoms. The van der Waals surface area contributed by atoms with E-state index in [0.29, 0.717) is 22.5 Å². The summed E-state index contributed by atoms with van der Waals surface area (Å²) in [6, 6.07) is 55.4. The Morgan fingerprint density at radius 1 is 0.480 bits per heavy atom. The lowest BCUT2D eigenvalue weighted by atomic mass is 9.91. The third-order valence-corrected chi connectivity index (χ3v) is 9.64. The van der Waals surface area contributed by atoms with E-state index in [9.17, 15) is 10.5 Å². The Morgan fingerprint density at radius 2 is 1.04 bits per heavy atom. The fourth-order valence-corrected chi connectivity index (χ4v) is 7.49. The van der Waals surface area contributed by atoms with Gasteiger partial charge in [0.25, 0.3) is 0 Å². The first-order chi connectivity index (χ1) is 24.7. The van der Waals surface area contributed by atoms with Crippen molar-refractivity contribution in [3.05, 3.63) is 174 Å². The Kier molecular flexibility index (Phi) is 6.56. The molecule has 0 spiro atoms. The van der Waals surface area contributed by atoms with Crippen LogP contribution >= 0.6 is 0 Å². The van der Waals surface area contributed by atoms with Gasteiger partial charge < -0.3 is 9.13 Å². The molecule has 5 nitrogen and oxygen atoms in total. The zero-order chi connectivity index (χ0) is 33.8. The van der Waals surface area contributed by atoms with Gasteiger partial charge in [-0.3, -0.25) is 0 Å². The zero-order valence-corrected chi connectivity index (χ0v) is 26.7. The predicted molar refractivity (Wildman–Crippen MR) is 202 cm³/mol. The Balaban J connectivity index is 1.23. The lowest BCUT2D eigenvalue weighted by Gasteiger charge is -2.18. The molecule has 0 unspecified atom stereocenters. The van der Waals surface area contributed by atoms with Crippen LogP contribution in [0.5, 0.6) is 0 Å². The van der Waals surface area contributed by atoms with Crippen LogP contribution < -0.4 is 0 Å². The lowest BCUT2D eigenvalue weighted by Crippen LogP contribution is -2.00. The molecular formula is C45H25N5. The first kappa shape index (κ1) is 28.8. The van der Waals surface area contributed by atoms with Gasteiger partial charge in [0.15, 0.2) is 0 Å². The summed E-state index contributed by atoms with van der Waals surface area (Å²) in [4.78, 5) is 3.96. The van der Waals surface area contributed by atoms with Crippen molar-refractivity contribution >= 4 is 49.3 Å². The summed E-state index contributed by atoms with van der Waals surface area (Å²) in [6.45, 7) is 8.18. The smallest absolute Gasteiger partial charge is 0.211 e. The Hall–Kier alpha value is -7.39. The molecule has 0 fully saturated rings. The number of aromatic nitrogens is 2. The van der Waals surface area contributed by atoms with E-state index >= 15 is 0 Å². The number of nitriles is 2. The first-order valence-electron chi connectivity index (χ1n) is 16.3. The van der Waals surface area contributed by atoms with Gasteiger partial charge in [0.1, 0.15) is 6.07 Å². The molecule has 0 radical (unpaired) electrons. The number of fused-ring (bicyclic) bond motifs is 6. The third-order valence-electron chi connectivity index (χ3n) is 9.64. The van der Waals surface area contributed by atoms with Gasteiger partial charge in [0.05, 0.1) is 51.5 Å². The van der Waals surface area contributed by atoms with Crippen molar-refractivity contribution in [2.75, 3.05) is 0 Å². The summed E-state index contributed by atoms with van der Waals surface area (Å²) >= 11 is 0. The number of rotatable bonds is 4. The Labute approximate surface area is 288 Å². The summed E-state index contributed by atoms with van der Waals surface area (Å²) in [5.74, 6) is 0. The van der Waals surface area contributed by atoms with E-state index in [1.807, 2.05) is 78.9 Å². The van der Waals surface area contributed by atoms with E-state index in [-0.39, 0.29) is 0 Å². The Morgan fingerprint density at radius 3 is 1.68 bits per heavy atom. The monoisotopic (exact) mass is 635 g/mol. The second-order valence-electron chi connectivity index (χ2n) is 12.2. The van der Waals surface area contributed by atoms with E-state index in [4.69, 9.17) is 6.57 Å². The number of benzene rings is 7. The average molecular weight is 636 g/mol. The van der Waals surface area contributed by atoms with Crippen LogP contribution in [0.1, 0.15) is 11.1 Å². The standard InChI is InChI=1S/C45H25N5/c1-48-40-16-9-15-37(45(40)50-43-19-7-4-12-36(43)38-26-29(27-46)20-25-44(38)50)33-14-8-13-32(39(33)28-47)30-21-23-31(24-22-30)49-41-17-5-2-10-34(41)35-11-3-6-18-42(35)49/h2-26H. The Bertz CT molecular complexity index is 2900. The summed E-state index contributed by atoms with van der Waals surface area (Å²) < 4.78 is 4.38. The van der Waals surface area contributed by atoms with Crippen molar-refractivity contribution in [2.45, 2.75) is 0 Å². The van der Waals surface area contributed by atoms with Crippen LogP contribution in [0.2, 0.25) is 0 Å². The molecule has 0 aliphatic heterocycles. The number of nitrogens with zero attached hydrogens (tertiary/aromatic N) is 5. The van der Waals surface area contributed by atoms with Crippen LogP contribution in [0.3, 0.4) is 0 Å². The van der Waals surface area contributed by atoms with E-state index in [0.717, 1.165) is 60.8 Å². The highest BCUT2D eigenvalue weighted by Gasteiger charge is 2.22. The van der Waals surface area contributed by atoms with Crippen molar-refractivity contribution in [1.29, 1.82) is 10.5 Å². The molecule has 0 amide bonds. The van der Waals surface area contributed by atoms with Crippen LogP contribution in [-0.4, -0.2) is 9.13 Å². The van der Waals surface area contributed by atoms with E-state index in [2.05, 4.69) is 98.9 Å². The number of para-hydroxylation sites is 4. The molecule has 9 aromatic rings. The lowest BCUT2D eigenvalue weighted by molar-refractivity contribution is 1.18. The van der Waals surface area contributed by atoms with Crippen LogP contribution in [0.15, 0.2) is 152 Å². The maximum Gasteiger partial charge on any atom is 0.211 e. The molecule has 0 saturated heterocycles. The average Bonchev–Trinajstić information content (AvgIpc) is 3.69. The summed E-state index contributed by atoms with van der Waals surface area (Å²) in [5.41, 5.74) is 10.7. The van der Waals surface area contributed by atoms with E-state index in [1.165, 1.54) is 10.8 Å². The highest BCUT2D eigenvalue weighted by atomic mass is 15.0. The van der Waals surface area contributed by atoms with Crippen LogP contribution in [-0.2, 0) is 0 Å². The minimum Gasteiger partial charge on any atom is -0.318 e. The molecular weight excluding hydrogens is 611 g/mol. The van der Waals surface area contributed by atoms with Gasteiger partial charge in [-0.1, -0.05) is 103 Å². The van der Waals surface area contributed by atoms with Gasteiger partial charge in [-0.2, -0.15) is 10.5 Å². The van der Waals surface area contributed by atoms with Gasteiger partial charge in [-0.05, 0) is 59.7 Å². The predicted octanol–water partition coefficient (Wildman–Crippen LogP) is 11.5. The molecule has 0 N–H and O–H groups in total. The molecule has 0 bridgehead atoms. The quantitative estimate of drug-likeness (QED) is 0.181. The summed E-state index contributed by atoms with van der Waals surface area (Å²) in [5, 5.41) is 24.8. The van der Waals surface area contributed by atoms with Crippen molar-refractivity contribution in [3.63, 3.8) is 0 Å². The molecule has 0 aliphatic rings. The highest BCUT2D eigenvalue weighted by molar-refractivity contribution is 6.11. The van der Waals surface area contributed by atoms with Gasteiger partial charge in [-0.15, -0.1) is 0 Å². The van der Waals surface area contributed by atoms with E-state index < -0.39 is 0 Å².